The molecule has 184 valence electrons. The van der Waals surface area contributed by atoms with E-state index in [1.165, 1.54) is 23.8 Å². The second-order valence-electron chi connectivity index (χ2n) is 8.41. The van der Waals surface area contributed by atoms with Gasteiger partial charge in [-0.15, -0.1) is 5.10 Å². The Morgan fingerprint density at radius 3 is 2.61 bits per heavy atom. The van der Waals surface area contributed by atoms with Crippen LogP contribution in [0.1, 0.15) is 42.4 Å². The van der Waals surface area contributed by atoms with Crippen LogP contribution >= 0.6 is 0 Å². The zero-order valence-corrected chi connectivity index (χ0v) is 19.7. The largest absolute Gasteiger partial charge is 0.378 e. The molecule has 0 fully saturated rings. The Hall–Kier alpha value is -4.94. The van der Waals surface area contributed by atoms with Crippen LogP contribution < -0.4 is 11.2 Å². The Bertz CT molecular complexity index is 1440. The number of hydrogen-bond acceptors (Lipinski definition) is 10. The highest BCUT2D eigenvalue weighted by Gasteiger charge is 2.26. The number of nitro benzene ring substituents is 1. The van der Waals surface area contributed by atoms with Crippen molar-refractivity contribution in [3.63, 3.8) is 0 Å². The summed E-state index contributed by atoms with van der Waals surface area (Å²) in [7, 11) is 0. The van der Waals surface area contributed by atoms with Gasteiger partial charge in [-0.05, 0) is 40.7 Å². The smallest absolute Gasteiger partial charge is 0.294 e. The highest BCUT2D eigenvalue weighted by molar-refractivity contribution is 6.02. The summed E-state index contributed by atoms with van der Waals surface area (Å²) in [5.74, 6) is -0.270. The van der Waals surface area contributed by atoms with E-state index in [2.05, 4.69) is 49.6 Å². The molecule has 4 rings (SSSR count). The molecule has 0 atom stereocenters. The molecule has 0 radical (unpaired) electrons. The second kappa shape index (κ2) is 10.1. The van der Waals surface area contributed by atoms with E-state index in [0.717, 1.165) is 16.7 Å². The first-order chi connectivity index (χ1) is 17.2. The van der Waals surface area contributed by atoms with Crippen LogP contribution in [0.15, 0.2) is 58.3 Å². The average molecular weight is 489 g/mol. The third kappa shape index (κ3) is 5.09. The number of anilines is 1. The van der Waals surface area contributed by atoms with Crippen molar-refractivity contribution in [3.8, 4) is 17.1 Å². The number of rotatable bonds is 8. The van der Waals surface area contributed by atoms with Crippen LogP contribution in [0.25, 0.3) is 17.1 Å². The number of aromatic nitrogens is 5. The molecule has 0 spiro atoms. The molecule has 2 aromatic heterocycles. The Labute approximate surface area is 205 Å². The first-order valence-electron chi connectivity index (χ1n) is 11.0. The topological polar surface area (TPSA) is 180 Å². The van der Waals surface area contributed by atoms with Crippen LogP contribution in [0.5, 0.6) is 0 Å². The minimum Gasteiger partial charge on any atom is -0.378 e. The number of hydrazone groups is 1. The van der Waals surface area contributed by atoms with E-state index >= 15 is 0 Å². The predicted octanol–water partition coefficient (Wildman–Crippen LogP) is 3.16. The molecule has 0 aliphatic carbocycles. The Morgan fingerprint density at radius 2 is 1.97 bits per heavy atom. The number of nitrogens with zero attached hydrogens (tertiary/aromatic N) is 7. The third-order valence-corrected chi connectivity index (χ3v) is 5.25. The molecule has 36 heavy (non-hydrogen) atoms. The second-order valence-corrected chi connectivity index (χ2v) is 8.41. The number of non-ortho nitro benzene ring substituents is 1. The lowest BCUT2D eigenvalue weighted by molar-refractivity contribution is -0.384. The molecule has 0 bridgehead atoms. The van der Waals surface area contributed by atoms with E-state index in [4.69, 9.17) is 5.73 Å². The quantitative estimate of drug-likeness (QED) is 0.213. The van der Waals surface area contributed by atoms with E-state index in [9.17, 15) is 14.9 Å². The molecular formula is C23H23N9O4. The Kier molecular flexibility index (Phi) is 6.81. The van der Waals surface area contributed by atoms with E-state index < -0.39 is 10.8 Å². The highest BCUT2D eigenvalue weighted by Crippen LogP contribution is 2.29. The fraction of sp³-hybridized carbons (Fsp3) is 0.217. The van der Waals surface area contributed by atoms with Gasteiger partial charge in [-0.2, -0.15) is 9.78 Å². The summed E-state index contributed by atoms with van der Waals surface area (Å²) in [6.45, 7) is 6.07. The van der Waals surface area contributed by atoms with Crippen LogP contribution in [0, 0.1) is 16.0 Å². The predicted molar refractivity (Wildman–Crippen MR) is 130 cm³/mol. The molecule has 3 N–H and O–H groups in total. The summed E-state index contributed by atoms with van der Waals surface area (Å²) >= 11 is 0. The molecule has 0 saturated heterocycles. The minimum atomic E-state index is -0.687. The fourth-order valence-corrected chi connectivity index (χ4v) is 3.55. The number of nitrogens with two attached hydrogens (primary N) is 1. The lowest BCUT2D eigenvalue weighted by atomic mass is 10.0. The van der Waals surface area contributed by atoms with Crippen molar-refractivity contribution in [1.29, 1.82) is 0 Å². The summed E-state index contributed by atoms with van der Waals surface area (Å²) in [5, 5.41) is 30.6. The highest BCUT2D eigenvalue weighted by atomic mass is 16.6. The molecule has 0 saturated carbocycles. The number of carbonyl (C=O) groups excluding carboxylic acids is 1. The van der Waals surface area contributed by atoms with Crippen molar-refractivity contribution in [2.75, 3.05) is 5.73 Å². The van der Waals surface area contributed by atoms with Crippen LogP contribution in [0.4, 0.5) is 11.5 Å². The van der Waals surface area contributed by atoms with Crippen molar-refractivity contribution in [1.82, 2.24) is 30.7 Å². The summed E-state index contributed by atoms with van der Waals surface area (Å²) in [6, 6.07) is 13.6. The first-order valence-corrected chi connectivity index (χ1v) is 11.0. The number of nitrogen functional groups attached to an aromatic ring is 1. The van der Waals surface area contributed by atoms with Gasteiger partial charge in [0.15, 0.2) is 5.69 Å². The number of nitrogens with one attached hydrogen (secondary N) is 1. The van der Waals surface area contributed by atoms with E-state index in [-0.39, 0.29) is 34.3 Å². The molecule has 2 aromatic carbocycles. The maximum Gasteiger partial charge on any atom is 0.294 e. The van der Waals surface area contributed by atoms with Crippen LogP contribution in [0.2, 0.25) is 0 Å². The third-order valence-electron chi connectivity index (χ3n) is 5.25. The van der Waals surface area contributed by atoms with Crippen molar-refractivity contribution in [2.45, 2.75) is 27.2 Å². The summed E-state index contributed by atoms with van der Waals surface area (Å²) < 4.78 is 5.76. The first kappa shape index (κ1) is 24.2. The van der Waals surface area contributed by atoms with Gasteiger partial charge in [0.05, 0.1) is 10.6 Å². The van der Waals surface area contributed by atoms with Gasteiger partial charge in [0.25, 0.3) is 11.6 Å². The summed E-state index contributed by atoms with van der Waals surface area (Å²) in [6.07, 6.45) is 0.967. The molecule has 13 heteroatoms. The lowest BCUT2D eigenvalue weighted by Gasteiger charge is -2.07. The normalized spacial score (nSPS) is 11.6. The van der Waals surface area contributed by atoms with Crippen molar-refractivity contribution < 1.29 is 14.3 Å². The maximum absolute atomic E-state index is 13.1. The molecule has 0 unspecified atom stereocenters. The van der Waals surface area contributed by atoms with Gasteiger partial charge in [-0.25, -0.2) is 10.1 Å². The molecular weight excluding hydrogens is 466 g/mol. The molecule has 0 aliphatic heterocycles. The average Bonchev–Trinajstić information content (AvgIpc) is 3.48. The number of carbonyl (C=O) groups is 1. The molecule has 13 nitrogen and oxygen atoms in total. The van der Waals surface area contributed by atoms with Crippen molar-refractivity contribution in [3.05, 3.63) is 75.5 Å². The van der Waals surface area contributed by atoms with Crippen LogP contribution in [0.3, 0.4) is 0 Å². The Balaban J connectivity index is 1.66. The van der Waals surface area contributed by atoms with Gasteiger partial charge in [-0.1, -0.05) is 55.5 Å². The molecule has 0 aliphatic rings. The van der Waals surface area contributed by atoms with Crippen LogP contribution in [-0.2, 0) is 6.42 Å². The number of benzene rings is 2. The fourth-order valence-electron chi connectivity index (χ4n) is 3.55. The zero-order chi connectivity index (χ0) is 25.8. The zero-order valence-electron chi connectivity index (χ0n) is 19.7. The number of hydrogen-bond donors (Lipinski definition) is 2. The van der Waals surface area contributed by atoms with E-state index in [1.807, 2.05) is 24.3 Å². The van der Waals surface area contributed by atoms with Crippen molar-refractivity contribution in [2.24, 2.45) is 11.0 Å². The molecule has 2 heterocycles. The minimum absolute atomic E-state index is 0.0239. The molecule has 4 aromatic rings. The van der Waals surface area contributed by atoms with Gasteiger partial charge < -0.3 is 5.73 Å². The van der Waals surface area contributed by atoms with Crippen LogP contribution in [-0.4, -0.2) is 41.8 Å². The van der Waals surface area contributed by atoms with E-state index in [0.29, 0.717) is 11.6 Å². The van der Waals surface area contributed by atoms with Crippen molar-refractivity contribution >= 4 is 23.1 Å². The SMILES string of the molecule is C/C(=N/NC(=O)c1nnn(-c2nonc2N)c1-c1cccc([N+](=O)[O-])c1)c1ccc(CC(C)C)cc1. The standard InChI is InChI=1S/C23H23N9O4/c1-13(2)11-15-7-9-16(10-8-15)14(3)25-27-23(33)19-20(17-5-4-6-18(12-17)32(34)35)31(30-26-19)22-21(24)28-36-29-22/h4-10,12-13H,11H2,1-3H3,(H2,24,28)(H,27,33)/b25-14-. The monoisotopic (exact) mass is 489 g/mol. The van der Waals surface area contributed by atoms with Gasteiger partial charge >= 0.3 is 0 Å². The molecule has 1 amide bonds. The lowest BCUT2D eigenvalue weighted by Crippen LogP contribution is -2.21. The van der Waals surface area contributed by atoms with Gasteiger partial charge in [-0.3, -0.25) is 14.9 Å². The number of nitro groups is 1. The summed E-state index contributed by atoms with van der Waals surface area (Å²) in [4.78, 5) is 23.8. The van der Waals surface area contributed by atoms with Gasteiger partial charge in [0.2, 0.25) is 11.6 Å². The van der Waals surface area contributed by atoms with Gasteiger partial charge in [0.1, 0.15) is 5.69 Å². The maximum atomic E-state index is 13.1. The summed E-state index contributed by atoms with van der Waals surface area (Å²) in [5.41, 5.74) is 10.9. The van der Waals surface area contributed by atoms with E-state index in [1.54, 1.807) is 13.0 Å². The Morgan fingerprint density at radius 1 is 1.22 bits per heavy atom. The van der Waals surface area contributed by atoms with Gasteiger partial charge in [0, 0.05) is 17.7 Å². The number of amides is 1.